The largest absolute Gasteiger partial charge is 0.378 e. The molecule has 0 aliphatic carbocycles. The highest BCUT2D eigenvalue weighted by molar-refractivity contribution is 5.87. The number of hydrogen-bond donors (Lipinski definition) is 2. The van der Waals surface area contributed by atoms with Crippen molar-refractivity contribution in [2.75, 3.05) is 44.0 Å². The number of rotatable bonds is 7. The smallest absolute Gasteiger partial charge is 0.244 e. The molecule has 6 heterocycles. The molecule has 190 valence electrons. The summed E-state index contributed by atoms with van der Waals surface area (Å²) >= 11 is 0. The Labute approximate surface area is 204 Å². The number of nitrogens with zero attached hydrogens (tertiary/aromatic N) is 7. The van der Waals surface area contributed by atoms with E-state index < -0.39 is 25.1 Å². The van der Waals surface area contributed by atoms with Crippen molar-refractivity contribution in [1.29, 1.82) is 0 Å². The van der Waals surface area contributed by atoms with Crippen LogP contribution in [0.1, 0.15) is 12.1 Å². The lowest BCUT2D eigenvalue weighted by Gasteiger charge is -2.42. The standard InChI is InChI=1S/C23H26F3N9O/c1-27-22-21-15(17-2-3-20-28-9-13(8-19(25)26)35(20)31-17)4-7-34(21)32-23(30-22)29-18-5-6-33(10-16(18)24)14-11-36-12-14/h2-4,7,9,14,16,18-19H,5-6,8,10-12H2,1H3,(H2,27,29,30,32)/t16-,18+/m1/s1. The molecule has 2 aliphatic rings. The van der Waals surface area contributed by atoms with Crippen LogP contribution in [0.25, 0.3) is 22.4 Å². The van der Waals surface area contributed by atoms with Crippen LogP contribution in [0, 0.1) is 0 Å². The lowest BCUT2D eigenvalue weighted by atomic mass is 10.0. The van der Waals surface area contributed by atoms with E-state index in [0.717, 1.165) is 12.1 Å². The molecular formula is C23H26F3N9O. The van der Waals surface area contributed by atoms with E-state index in [2.05, 4.69) is 35.7 Å². The van der Waals surface area contributed by atoms with Gasteiger partial charge in [-0.05, 0) is 24.6 Å². The summed E-state index contributed by atoms with van der Waals surface area (Å²) < 4.78 is 49.2. The summed E-state index contributed by atoms with van der Waals surface area (Å²) in [6, 6.07) is 5.28. The highest BCUT2D eigenvalue weighted by Crippen LogP contribution is 2.30. The van der Waals surface area contributed by atoms with Crippen molar-refractivity contribution in [3.63, 3.8) is 0 Å². The minimum atomic E-state index is -2.50. The van der Waals surface area contributed by atoms with Gasteiger partial charge in [0.2, 0.25) is 12.4 Å². The van der Waals surface area contributed by atoms with Crippen molar-refractivity contribution in [3.05, 3.63) is 36.3 Å². The van der Waals surface area contributed by atoms with Crippen LogP contribution in [0.4, 0.5) is 24.9 Å². The molecule has 0 amide bonds. The molecule has 0 spiro atoms. The molecule has 0 unspecified atom stereocenters. The number of fused-ring (bicyclic) bond motifs is 2. The molecule has 0 bridgehead atoms. The number of alkyl halides is 3. The third-order valence-corrected chi connectivity index (χ3v) is 6.84. The number of imidazole rings is 1. The Morgan fingerprint density at radius 3 is 2.78 bits per heavy atom. The predicted molar refractivity (Wildman–Crippen MR) is 127 cm³/mol. The Hall–Kier alpha value is -3.45. The van der Waals surface area contributed by atoms with Gasteiger partial charge in [0.1, 0.15) is 11.7 Å². The SMILES string of the molecule is CNc1nc(N[C@H]2CCN(C3COC3)C[C@H]2F)nn2ccc(-c3ccc4ncc(CC(F)F)n4n3)c12. The van der Waals surface area contributed by atoms with Crippen LogP contribution >= 0.6 is 0 Å². The molecule has 2 fully saturated rings. The maximum Gasteiger partial charge on any atom is 0.244 e. The minimum absolute atomic E-state index is 0.313. The number of ether oxygens (including phenoxy) is 1. The zero-order valence-electron chi connectivity index (χ0n) is 19.6. The number of aromatic nitrogens is 6. The van der Waals surface area contributed by atoms with Gasteiger partial charge < -0.3 is 15.4 Å². The van der Waals surface area contributed by atoms with E-state index >= 15 is 0 Å². The second kappa shape index (κ2) is 9.21. The van der Waals surface area contributed by atoms with Crippen LogP contribution in [-0.4, -0.2) is 92.1 Å². The van der Waals surface area contributed by atoms with Crippen molar-refractivity contribution < 1.29 is 17.9 Å². The van der Waals surface area contributed by atoms with Gasteiger partial charge in [-0.25, -0.2) is 27.2 Å². The van der Waals surface area contributed by atoms with Gasteiger partial charge in [-0.2, -0.15) is 10.1 Å². The quantitative estimate of drug-likeness (QED) is 0.399. The van der Waals surface area contributed by atoms with Crippen LogP contribution in [-0.2, 0) is 11.2 Å². The first-order valence-corrected chi connectivity index (χ1v) is 11.9. The van der Waals surface area contributed by atoms with Crippen LogP contribution in [0.3, 0.4) is 0 Å². The average Bonchev–Trinajstić information content (AvgIpc) is 3.43. The van der Waals surface area contributed by atoms with Gasteiger partial charge >= 0.3 is 0 Å². The van der Waals surface area contributed by atoms with E-state index in [4.69, 9.17) is 4.74 Å². The maximum absolute atomic E-state index is 15.0. The summed E-state index contributed by atoms with van der Waals surface area (Å²) in [7, 11) is 1.74. The van der Waals surface area contributed by atoms with Crippen LogP contribution in [0.2, 0.25) is 0 Å². The van der Waals surface area contributed by atoms with Crippen LogP contribution < -0.4 is 10.6 Å². The number of piperidine rings is 1. The number of anilines is 2. The fourth-order valence-electron chi connectivity index (χ4n) is 4.85. The molecule has 4 aromatic heterocycles. The lowest BCUT2D eigenvalue weighted by molar-refractivity contribution is -0.0794. The summed E-state index contributed by atoms with van der Waals surface area (Å²) in [5.41, 5.74) is 2.78. The molecule has 10 nitrogen and oxygen atoms in total. The number of halogens is 3. The van der Waals surface area contributed by atoms with E-state index in [1.807, 2.05) is 6.07 Å². The number of hydrogen-bond acceptors (Lipinski definition) is 8. The third kappa shape index (κ3) is 4.11. The van der Waals surface area contributed by atoms with E-state index in [1.54, 1.807) is 29.9 Å². The van der Waals surface area contributed by atoms with Gasteiger partial charge in [-0.1, -0.05) is 0 Å². The highest BCUT2D eigenvalue weighted by Gasteiger charge is 2.35. The molecule has 13 heteroatoms. The van der Waals surface area contributed by atoms with E-state index in [1.165, 1.54) is 10.7 Å². The molecule has 6 rings (SSSR count). The van der Waals surface area contributed by atoms with E-state index in [0.29, 0.717) is 66.5 Å². The Balaban J connectivity index is 1.28. The fraction of sp³-hybridized carbons (Fsp3) is 0.478. The molecule has 0 aromatic carbocycles. The van der Waals surface area contributed by atoms with Crippen molar-refractivity contribution in [1.82, 2.24) is 34.1 Å². The number of likely N-dealkylation sites (tertiary alicyclic amines) is 1. The fourth-order valence-corrected chi connectivity index (χ4v) is 4.85. The normalized spacial score (nSPS) is 21.4. The molecule has 0 radical (unpaired) electrons. The molecule has 2 saturated heterocycles. The average molecular weight is 502 g/mol. The zero-order chi connectivity index (χ0) is 24.8. The van der Waals surface area contributed by atoms with Crippen molar-refractivity contribution in [3.8, 4) is 11.3 Å². The molecule has 36 heavy (non-hydrogen) atoms. The van der Waals surface area contributed by atoms with Crippen LogP contribution in [0.5, 0.6) is 0 Å². The third-order valence-electron chi connectivity index (χ3n) is 6.84. The highest BCUT2D eigenvalue weighted by atomic mass is 19.3. The van der Waals surface area contributed by atoms with E-state index in [9.17, 15) is 13.2 Å². The summed E-state index contributed by atoms with van der Waals surface area (Å²) in [5.74, 6) is 0.853. The topological polar surface area (TPSA) is 96.9 Å². The van der Waals surface area contributed by atoms with Crippen LogP contribution in [0.15, 0.2) is 30.6 Å². The van der Waals surface area contributed by atoms with Gasteiger partial charge in [0.15, 0.2) is 11.5 Å². The zero-order valence-corrected chi connectivity index (χ0v) is 19.6. The molecule has 2 aliphatic heterocycles. The second-order valence-corrected chi connectivity index (χ2v) is 9.13. The molecule has 2 N–H and O–H groups in total. The Kier molecular flexibility index (Phi) is 5.88. The summed E-state index contributed by atoms with van der Waals surface area (Å²) in [4.78, 5) is 10.9. The van der Waals surface area contributed by atoms with Crippen molar-refractivity contribution in [2.24, 2.45) is 0 Å². The Morgan fingerprint density at radius 1 is 1.19 bits per heavy atom. The van der Waals surface area contributed by atoms with E-state index in [-0.39, 0.29) is 0 Å². The van der Waals surface area contributed by atoms with Gasteiger partial charge in [0.05, 0.1) is 49.3 Å². The number of nitrogens with one attached hydrogen (secondary N) is 2. The molecular weight excluding hydrogens is 475 g/mol. The second-order valence-electron chi connectivity index (χ2n) is 9.13. The Morgan fingerprint density at radius 2 is 2.06 bits per heavy atom. The summed E-state index contributed by atoms with van der Waals surface area (Å²) in [6.45, 7) is 2.48. The predicted octanol–water partition coefficient (Wildman–Crippen LogP) is 2.51. The van der Waals surface area contributed by atoms with Gasteiger partial charge in [-0.3, -0.25) is 4.90 Å². The first-order valence-electron chi connectivity index (χ1n) is 11.9. The van der Waals surface area contributed by atoms with Gasteiger partial charge in [0, 0.05) is 31.9 Å². The van der Waals surface area contributed by atoms with Crippen molar-refractivity contribution >= 4 is 22.9 Å². The first-order chi connectivity index (χ1) is 17.5. The van der Waals surface area contributed by atoms with Gasteiger partial charge in [0.25, 0.3) is 0 Å². The maximum atomic E-state index is 15.0. The first kappa shape index (κ1) is 23.0. The minimum Gasteiger partial charge on any atom is -0.378 e. The Bertz CT molecular complexity index is 1390. The summed E-state index contributed by atoms with van der Waals surface area (Å²) in [6.07, 6.45) is -0.157. The molecule has 0 saturated carbocycles. The molecule has 2 atom stereocenters. The monoisotopic (exact) mass is 501 g/mol. The lowest BCUT2D eigenvalue weighted by Crippen LogP contribution is -2.57. The van der Waals surface area contributed by atoms with Gasteiger partial charge in [-0.15, -0.1) is 5.10 Å². The van der Waals surface area contributed by atoms with Crippen molar-refractivity contribution in [2.45, 2.75) is 37.5 Å². The molecule has 4 aromatic rings. The summed E-state index contributed by atoms with van der Waals surface area (Å²) in [5, 5.41) is 15.4.